The average Bonchev–Trinajstić information content (AvgIpc) is 2.71. The molecule has 0 unspecified atom stereocenters. The van der Waals surface area contributed by atoms with Crippen molar-refractivity contribution in [1.29, 1.82) is 0 Å². The number of carbonyl (C=O) groups is 2. The van der Waals surface area contributed by atoms with Crippen LogP contribution in [0.3, 0.4) is 0 Å². The molecule has 3 rings (SSSR count). The first-order chi connectivity index (χ1) is 13.5. The first kappa shape index (κ1) is 19.5. The van der Waals surface area contributed by atoms with Crippen molar-refractivity contribution in [3.05, 3.63) is 59.7 Å². The Bertz CT molecular complexity index is 871. The summed E-state index contributed by atoms with van der Waals surface area (Å²) >= 11 is 0. The maximum Gasteiger partial charge on any atom is 0.331 e. The van der Waals surface area contributed by atoms with E-state index in [1.807, 2.05) is 30.3 Å². The van der Waals surface area contributed by atoms with Crippen molar-refractivity contribution in [3.63, 3.8) is 0 Å². The molecule has 0 fully saturated rings. The number of esters is 1. The Labute approximate surface area is 164 Å². The second kappa shape index (κ2) is 9.08. The van der Waals surface area contributed by atoms with E-state index in [2.05, 4.69) is 19.2 Å². The number of hydrogen-bond donors (Lipinski definition) is 1. The Morgan fingerprint density at radius 3 is 2.50 bits per heavy atom. The van der Waals surface area contributed by atoms with Crippen LogP contribution in [0.5, 0.6) is 11.5 Å². The molecule has 1 aliphatic rings. The number of nitrogens with one attached hydrogen (secondary N) is 1. The van der Waals surface area contributed by atoms with Gasteiger partial charge < -0.3 is 19.5 Å². The fraction of sp³-hybridized carbons (Fsp3) is 0.273. The summed E-state index contributed by atoms with van der Waals surface area (Å²) in [6.07, 6.45) is 2.87. The SMILES string of the molecule is CC(C)c1ccc(NC(=O)COC(=O)/C=C/c2ccc3c(c2)OCCO3)cc1. The molecule has 0 bridgehead atoms. The zero-order valence-corrected chi connectivity index (χ0v) is 15.9. The molecule has 1 amide bonds. The van der Waals surface area contributed by atoms with E-state index in [0.29, 0.717) is 36.3 Å². The number of fused-ring (bicyclic) bond motifs is 1. The summed E-state index contributed by atoms with van der Waals surface area (Å²) < 4.78 is 15.9. The van der Waals surface area contributed by atoms with E-state index in [0.717, 1.165) is 5.56 Å². The lowest BCUT2D eigenvalue weighted by Gasteiger charge is -2.18. The molecule has 0 aromatic heterocycles. The van der Waals surface area contributed by atoms with Crippen LogP contribution in [0.15, 0.2) is 48.5 Å². The molecule has 2 aromatic rings. The largest absolute Gasteiger partial charge is 0.486 e. The number of carbonyl (C=O) groups excluding carboxylic acids is 2. The minimum Gasteiger partial charge on any atom is -0.486 e. The third-order valence-electron chi connectivity index (χ3n) is 4.18. The summed E-state index contributed by atoms with van der Waals surface area (Å²) in [6, 6.07) is 13.0. The zero-order chi connectivity index (χ0) is 19.9. The van der Waals surface area contributed by atoms with Crippen molar-refractivity contribution >= 4 is 23.6 Å². The predicted octanol–water partition coefficient (Wildman–Crippen LogP) is 3.78. The van der Waals surface area contributed by atoms with Crippen molar-refractivity contribution in [3.8, 4) is 11.5 Å². The first-order valence-corrected chi connectivity index (χ1v) is 9.15. The lowest BCUT2D eigenvalue weighted by molar-refractivity contribution is -0.142. The van der Waals surface area contributed by atoms with Gasteiger partial charge in [0.05, 0.1) is 0 Å². The van der Waals surface area contributed by atoms with Gasteiger partial charge in [0.2, 0.25) is 0 Å². The molecule has 6 heteroatoms. The molecule has 28 heavy (non-hydrogen) atoms. The number of hydrogen-bond acceptors (Lipinski definition) is 5. The molecular weight excluding hydrogens is 358 g/mol. The van der Waals surface area contributed by atoms with Crippen molar-refractivity contribution in [2.75, 3.05) is 25.1 Å². The minimum atomic E-state index is -0.597. The smallest absolute Gasteiger partial charge is 0.331 e. The Balaban J connectivity index is 1.47. The van der Waals surface area contributed by atoms with Crippen LogP contribution in [0.1, 0.15) is 30.9 Å². The van der Waals surface area contributed by atoms with Gasteiger partial charge >= 0.3 is 5.97 Å². The van der Waals surface area contributed by atoms with Crippen molar-refractivity contribution in [2.45, 2.75) is 19.8 Å². The van der Waals surface area contributed by atoms with Crippen molar-refractivity contribution in [2.24, 2.45) is 0 Å². The summed E-state index contributed by atoms with van der Waals surface area (Å²) in [7, 11) is 0. The van der Waals surface area contributed by atoms with Gasteiger partial charge in [0.1, 0.15) is 13.2 Å². The Kier molecular flexibility index (Phi) is 6.32. The second-order valence-corrected chi connectivity index (χ2v) is 6.67. The van der Waals surface area contributed by atoms with Gasteiger partial charge in [-0.25, -0.2) is 4.79 Å². The van der Waals surface area contributed by atoms with Crippen LogP contribution in [0, 0.1) is 0 Å². The highest BCUT2D eigenvalue weighted by Gasteiger charge is 2.11. The zero-order valence-electron chi connectivity index (χ0n) is 15.9. The second-order valence-electron chi connectivity index (χ2n) is 6.67. The van der Waals surface area contributed by atoms with Crippen molar-refractivity contribution < 1.29 is 23.8 Å². The molecule has 0 saturated carbocycles. The van der Waals surface area contributed by atoms with Crippen LogP contribution in [-0.2, 0) is 14.3 Å². The van der Waals surface area contributed by atoms with E-state index < -0.39 is 11.9 Å². The number of amides is 1. The summed E-state index contributed by atoms with van der Waals surface area (Å²) in [4.78, 5) is 23.8. The third kappa shape index (κ3) is 5.36. The third-order valence-corrected chi connectivity index (χ3v) is 4.18. The molecule has 0 saturated heterocycles. The lowest BCUT2D eigenvalue weighted by atomic mass is 10.0. The first-order valence-electron chi connectivity index (χ1n) is 9.15. The number of benzene rings is 2. The topological polar surface area (TPSA) is 73.9 Å². The van der Waals surface area contributed by atoms with Crippen LogP contribution in [0.2, 0.25) is 0 Å². The summed E-state index contributed by atoms with van der Waals surface area (Å²) in [5.74, 6) is 0.763. The van der Waals surface area contributed by atoms with E-state index in [9.17, 15) is 9.59 Å². The van der Waals surface area contributed by atoms with Crippen LogP contribution in [-0.4, -0.2) is 31.7 Å². The highest BCUT2D eigenvalue weighted by molar-refractivity contribution is 5.94. The summed E-state index contributed by atoms with van der Waals surface area (Å²) in [6.45, 7) is 4.88. The standard InChI is InChI=1S/C22H23NO5/c1-15(2)17-5-7-18(8-6-17)23-21(24)14-28-22(25)10-4-16-3-9-19-20(13-16)27-12-11-26-19/h3-10,13,15H,11-12,14H2,1-2H3,(H,23,24)/b10-4+. The van der Waals surface area contributed by atoms with Crippen LogP contribution < -0.4 is 14.8 Å². The molecule has 0 radical (unpaired) electrons. The molecule has 1 heterocycles. The number of ether oxygens (including phenoxy) is 3. The highest BCUT2D eigenvalue weighted by atomic mass is 16.6. The van der Waals surface area contributed by atoms with Crippen LogP contribution in [0.4, 0.5) is 5.69 Å². The molecule has 6 nitrogen and oxygen atoms in total. The van der Waals surface area contributed by atoms with Crippen LogP contribution in [0.25, 0.3) is 6.08 Å². The number of rotatable bonds is 6. The monoisotopic (exact) mass is 381 g/mol. The van der Waals surface area contributed by atoms with Crippen molar-refractivity contribution in [1.82, 2.24) is 0 Å². The van der Waals surface area contributed by atoms with Gasteiger partial charge in [-0.1, -0.05) is 32.0 Å². The molecule has 1 N–H and O–H groups in total. The minimum absolute atomic E-state index is 0.351. The van der Waals surface area contributed by atoms with E-state index in [4.69, 9.17) is 14.2 Å². The van der Waals surface area contributed by atoms with Gasteiger partial charge in [0.25, 0.3) is 5.91 Å². The maximum absolute atomic E-state index is 11.9. The van der Waals surface area contributed by atoms with Gasteiger partial charge in [-0.15, -0.1) is 0 Å². The molecule has 0 atom stereocenters. The van der Waals surface area contributed by atoms with E-state index in [-0.39, 0.29) is 6.61 Å². The molecule has 1 aliphatic heterocycles. The van der Waals surface area contributed by atoms with Gasteiger partial charge in [-0.3, -0.25) is 4.79 Å². The fourth-order valence-corrected chi connectivity index (χ4v) is 2.66. The Morgan fingerprint density at radius 2 is 1.79 bits per heavy atom. The van der Waals surface area contributed by atoms with E-state index in [1.165, 1.54) is 11.6 Å². The van der Waals surface area contributed by atoms with Crippen LogP contribution >= 0.6 is 0 Å². The highest BCUT2D eigenvalue weighted by Crippen LogP contribution is 2.31. The summed E-state index contributed by atoms with van der Waals surface area (Å²) in [5.41, 5.74) is 2.63. The normalized spacial score (nSPS) is 12.8. The quantitative estimate of drug-likeness (QED) is 0.609. The van der Waals surface area contributed by atoms with E-state index >= 15 is 0 Å². The Morgan fingerprint density at radius 1 is 1.07 bits per heavy atom. The van der Waals surface area contributed by atoms with Gasteiger partial charge in [0.15, 0.2) is 18.1 Å². The number of anilines is 1. The van der Waals surface area contributed by atoms with Gasteiger partial charge in [-0.2, -0.15) is 0 Å². The lowest BCUT2D eigenvalue weighted by Crippen LogP contribution is -2.20. The Hall–Kier alpha value is -3.28. The maximum atomic E-state index is 11.9. The molecule has 2 aromatic carbocycles. The van der Waals surface area contributed by atoms with E-state index in [1.54, 1.807) is 18.2 Å². The fourth-order valence-electron chi connectivity index (χ4n) is 2.66. The molecule has 0 spiro atoms. The van der Waals surface area contributed by atoms with Gasteiger partial charge in [0, 0.05) is 11.8 Å². The predicted molar refractivity (Wildman–Crippen MR) is 107 cm³/mol. The molecule has 0 aliphatic carbocycles. The summed E-state index contributed by atoms with van der Waals surface area (Å²) in [5, 5.41) is 2.70. The average molecular weight is 381 g/mol. The molecular formula is C22H23NO5. The van der Waals surface area contributed by atoms with Gasteiger partial charge in [-0.05, 0) is 47.4 Å². The molecule has 146 valence electrons.